The van der Waals surface area contributed by atoms with Crippen molar-refractivity contribution in [3.8, 4) is 17.1 Å². The largest absolute Gasteiger partial charge is 0.495 e. The van der Waals surface area contributed by atoms with Crippen molar-refractivity contribution in [1.82, 2.24) is 20.6 Å². The first-order valence-electron chi connectivity index (χ1n) is 7.92. The first-order valence-corrected chi connectivity index (χ1v) is 10.2. The highest BCUT2D eigenvalue weighted by atomic mass is 32.2. The molecule has 0 radical (unpaired) electrons. The zero-order valence-corrected chi connectivity index (χ0v) is 16.1. The van der Waals surface area contributed by atoms with E-state index in [4.69, 9.17) is 4.74 Å². The van der Waals surface area contributed by atoms with Crippen LogP contribution >= 0.6 is 11.3 Å². The normalized spacial score (nSPS) is 11.6. The minimum atomic E-state index is -3.77. The van der Waals surface area contributed by atoms with Crippen LogP contribution in [0.1, 0.15) is 5.56 Å². The van der Waals surface area contributed by atoms with Gasteiger partial charge < -0.3 is 4.74 Å². The molecule has 0 saturated carbocycles. The number of thiophene rings is 1. The lowest BCUT2D eigenvalue weighted by molar-refractivity contribution is 0.420. The predicted molar refractivity (Wildman–Crippen MR) is 104 cm³/mol. The maximum absolute atomic E-state index is 13.0. The second-order valence-electron chi connectivity index (χ2n) is 5.77. The molecule has 0 spiro atoms. The highest BCUT2D eigenvalue weighted by molar-refractivity contribution is 7.94. The highest BCUT2D eigenvalue weighted by Crippen LogP contribution is 2.39. The fourth-order valence-electron chi connectivity index (χ4n) is 2.82. The van der Waals surface area contributed by atoms with E-state index in [1.807, 2.05) is 18.2 Å². The van der Waals surface area contributed by atoms with E-state index >= 15 is 0 Å². The van der Waals surface area contributed by atoms with Crippen LogP contribution in [0.4, 0.5) is 5.69 Å². The SMILES string of the molecule is COc1cccc2c(C)c(S(=O)(=O)Nc3cccc(-c4nn[nH]n4)c3)sc12. The zero-order valence-electron chi connectivity index (χ0n) is 14.4. The van der Waals surface area contributed by atoms with Gasteiger partial charge in [0.15, 0.2) is 0 Å². The Hall–Kier alpha value is -2.98. The highest BCUT2D eigenvalue weighted by Gasteiger charge is 2.23. The van der Waals surface area contributed by atoms with E-state index < -0.39 is 10.0 Å². The van der Waals surface area contributed by atoms with Gasteiger partial charge in [0.05, 0.1) is 11.8 Å². The van der Waals surface area contributed by atoms with E-state index in [2.05, 4.69) is 25.3 Å². The minimum Gasteiger partial charge on any atom is -0.495 e. The molecule has 0 fully saturated rings. The number of hydrogen-bond acceptors (Lipinski definition) is 7. The summed E-state index contributed by atoms with van der Waals surface area (Å²) in [6.45, 7) is 1.79. The first-order chi connectivity index (χ1) is 13.0. The fourth-order valence-corrected chi connectivity index (χ4v) is 5.71. The van der Waals surface area contributed by atoms with E-state index in [0.29, 0.717) is 28.4 Å². The van der Waals surface area contributed by atoms with Gasteiger partial charge in [0.2, 0.25) is 5.82 Å². The Morgan fingerprint density at radius 1 is 1.19 bits per heavy atom. The maximum Gasteiger partial charge on any atom is 0.271 e. The topological polar surface area (TPSA) is 110 Å². The number of rotatable bonds is 5. The van der Waals surface area contributed by atoms with Crippen LogP contribution in [0.5, 0.6) is 5.75 Å². The van der Waals surface area contributed by atoms with Crippen molar-refractivity contribution < 1.29 is 13.2 Å². The average Bonchev–Trinajstić information content (AvgIpc) is 3.30. The molecule has 0 saturated heterocycles. The van der Waals surface area contributed by atoms with E-state index in [9.17, 15) is 8.42 Å². The number of nitrogens with one attached hydrogen (secondary N) is 2. The van der Waals surface area contributed by atoms with Gasteiger partial charge in [-0.25, -0.2) is 8.42 Å². The second-order valence-corrected chi connectivity index (χ2v) is 8.67. The molecule has 2 aromatic carbocycles. The molecule has 0 aliphatic carbocycles. The van der Waals surface area contributed by atoms with Gasteiger partial charge in [-0.2, -0.15) is 5.21 Å². The molecule has 2 N–H and O–H groups in total. The molecule has 0 bridgehead atoms. The molecule has 138 valence electrons. The fraction of sp³-hybridized carbons (Fsp3) is 0.118. The van der Waals surface area contributed by atoms with Crippen molar-refractivity contribution in [2.75, 3.05) is 11.8 Å². The molecule has 2 aromatic heterocycles. The number of anilines is 1. The molecular weight excluding hydrogens is 386 g/mol. The Labute approximate surface area is 159 Å². The van der Waals surface area contributed by atoms with Crippen LogP contribution in [-0.4, -0.2) is 36.2 Å². The van der Waals surface area contributed by atoms with Gasteiger partial charge >= 0.3 is 0 Å². The molecule has 27 heavy (non-hydrogen) atoms. The third-order valence-corrected chi connectivity index (χ3v) is 7.39. The van der Waals surface area contributed by atoms with Gasteiger partial charge in [0.1, 0.15) is 9.96 Å². The summed E-state index contributed by atoms with van der Waals surface area (Å²) in [5, 5.41) is 14.6. The molecular formula is C17H15N5O3S2. The van der Waals surface area contributed by atoms with Crippen molar-refractivity contribution >= 4 is 37.1 Å². The van der Waals surface area contributed by atoms with Crippen LogP contribution in [0, 0.1) is 6.92 Å². The number of benzene rings is 2. The summed E-state index contributed by atoms with van der Waals surface area (Å²) in [4.78, 5) is 0. The third-order valence-electron chi connectivity index (χ3n) is 4.07. The van der Waals surface area contributed by atoms with E-state index in [-0.39, 0.29) is 4.21 Å². The molecule has 0 atom stereocenters. The van der Waals surface area contributed by atoms with E-state index in [0.717, 1.165) is 10.1 Å². The van der Waals surface area contributed by atoms with Crippen LogP contribution in [-0.2, 0) is 10.0 Å². The van der Waals surface area contributed by atoms with Gasteiger partial charge in [-0.1, -0.05) is 24.3 Å². The summed E-state index contributed by atoms with van der Waals surface area (Å²) in [6.07, 6.45) is 0. The quantitative estimate of drug-likeness (QED) is 0.531. The smallest absolute Gasteiger partial charge is 0.271 e. The number of fused-ring (bicyclic) bond motifs is 1. The van der Waals surface area contributed by atoms with Crippen LogP contribution in [0.3, 0.4) is 0 Å². The second kappa shape index (κ2) is 6.63. The summed E-state index contributed by atoms with van der Waals surface area (Å²) in [7, 11) is -2.20. The molecule has 0 amide bonds. The van der Waals surface area contributed by atoms with Gasteiger partial charge in [0, 0.05) is 16.6 Å². The minimum absolute atomic E-state index is 0.256. The summed E-state index contributed by atoms with van der Waals surface area (Å²) in [5.74, 6) is 1.04. The van der Waals surface area contributed by atoms with Crippen LogP contribution < -0.4 is 9.46 Å². The summed E-state index contributed by atoms with van der Waals surface area (Å²) >= 11 is 1.19. The first kappa shape index (κ1) is 17.4. The third kappa shape index (κ3) is 3.13. The van der Waals surface area contributed by atoms with Crippen molar-refractivity contribution in [3.63, 3.8) is 0 Å². The molecule has 8 nitrogen and oxygen atoms in total. The number of nitrogens with zero attached hydrogens (tertiary/aromatic N) is 3. The molecule has 0 aliphatic heterocycles. The van der Waals surface area contributed by atoms with Crippen molar-refractivity contribution in [1.29, 1.82) is 0 Å². The van der Waals surface area contributed by atoms with Crippen LogP contribution in [0.15, 0.2) is 46.7 Å². The number of aromatic nitrogens is 4. The van der Waals surface area contributed by atoms with Crippen molar-refractivity contribution in [2.45, 2.75) is 11.1 Å². The predicted octanol–water partition coefficient (Wildman–Crippen LogP) is 3.20. The van der Waals surface area contributed by atoms with Gasteiger partial charge in [-0.05, 0) is 35.9 Å². The van der Waals surface area contributed by atoms with E-state index in [1.54, 1.807) is 38.3 Å². The van der Waals surface area contributed by atoms with Crippen LogP contribution in [0.2, 0.25) is 0 Å². The van der Waals surface area contributed by atoms with Gasteiger partial charge in [0.25, 0.3) is 10.0 Å². The Balaban J connectivity index is 1.74. The number of H-pyrrole nitrogens is 1. The van der Waals surface area contributed by atoms with Crippen molar-refractivity contribution in [3.05, 3.63) is 48.0 Å². The lowest BCUT2D eigenvalue weighted by Crippen LogP contribution is -2.12. The Kier molecular flexibility index (Phi) is 4.28. The summed E-state index contributed by atoms with van der Waals surface area (Å²) in [6, 6.07) is 12.4. The Bertz CT molecular complexity index is 1220. The Morgan fingerprint density at radius 2 is 2.00 bits per heavy atom. The number of aryl methyl sites for hydroxylation is 1. The summed E-state index contributed by atoms with van der Waals surface area (Å²) < 4.78 is 35.0. The van der Waals surface area contributed by atoms with Gasteiger partial charge in [-0.3, -0.25) is 4.72 Å². The number of sulfonamides is 1. The Morgan fingerprint density at radius 3 is 2.74 bits per heavy atom. The van der Waals surface area contributed by atoms with E-state index in [1.165, 1.54) is 11.3 Å². The summed E-state index contributed by atoms with van der Waals surface area (Å²) in [5.41, 5.74) is 1.76. The van der Waals surface area contributed by atoms with Crippen molar-refractivity contribution in [2.24, 2.45) is 0 Å². The van der Waals surface area contributed by atoms with Gasteiger partial charge in [-0.15, -0.1) is 21.5 Å². The zero-order chi connectivity index (χ0) is 19.0. The van der Waals surface area contributed by atoms with Crippen LogP contribution in [0.25, 0.3) is 21.5 Å². The number of hydrogen-bond donors (Lipinski definition) is 2. The molecule has 0 unspecified atom stereocenters. The lowest BCUT2D eigenvalue weighted by atomic mass is 10.2. The maximum atomic E-state index is 13.0. The molecule has 0 aliphatic rings. The molecule has 4 rings (SSSR count). The number of aromatic amines is 1. The lowest BCUT2D eigenvalue weighted by Gasteiger charge is -2.08. The number of tetrazole rings is 1. The molecule has 4 aromatic rings. The molecule has 10 heteroatoms. The number of methoxy groups -OCH3 is 1. The average molecular weight is 401 g/mol. The number of ether oxygens (including phenoxy) is 1. The molecule has 2 heterocycles. The standard InChI is InChI=1S/C17H15N5O3S2/c1-10-13-7-4-8-14(25-2)15(13)26-17(10)27(23,24)20-12-6-3-5-11(9-12)16-18-21-22-19-16/h3-9,20H,1-2H3,(H,18,19,21,22). The monoisotopic (exact) mass is 401 g/mol.